The molecule has 0 saturated carbocycles. The van der Waals surface area contributed by atoms with Gasteiger partial charge < -0.3 is 10.2 Å². The molecule has 1 aromatic rings. The van der Waals surface area contributed by atoms with E-state index in [2.05, 4.69) is 31.2 Å². The van der Waals surface area contributed by atoms with Crippen LogP contribution in [0.4, 0.5) is 0 Å². The van der Waals surface area contributed by atoms with Crippen LogP contribution < -0.4 is 0 Å². The summed E-state index contributed by atoms with van der Waals surface area (Å²) in [6.45, 7) is 3.26. The van der Waals surface area contributed by atoms with Gasteiger partial charge in [0.25, 0.3) is 0 Å². The van der Waals surface area contributed by atoms with Crippen LogP contribution in [0.1, 0.15) is 49.7 Å². The first kappa shape index (κ1) is 16.5. The van der Waals surface area contributed by atoms with Gasteiger partial charge in [-0.25, -0.2) is 0 Å². The second-order valence-electron chi connectivity index (χ2n) is 5.26. The number of aryl methyl sites for hydroxylation is 1. The van der Waals surface area contributed by atoms with Crippen LogP contribution in [0.2, 0.25) is 0 Å². The van der Waals surface area contributed by atoms with E-state index in [0.717, 1.165) is 19.4 Å². The molecule has 2 unspecified atom stereocenters. The van der Waals surface area contributed by atoms with E-state index in [0.29, 0.717) is 17.9 Å². The quantitative estimate of drug-likeness (QED) is 0.760. The number of hydrogen-bond donors (Lipinski definition) is 0. The highest BCUT2D eigenvalue weighted by Gasteiger charge is 2.19. The lowest BCUT2D eigenvalue weighted by Crippen LogP contribution is -2.21. The Hall–Kier alpha value is -0.570. The van der Waals surface area contributed by atoms with Crippen LogP contribution in [0.5, 0.6) is 0 Å². The lowest BCUT2D eigenvalue weighted by Gasteiger charge is -2.26. The Morgan fingerprint density at radius 3 is 2.79 bits per heavy atom. The predicted molar refractivity (Wildman–Crippen MR) is 81.1 cm³/mol. The van der Waals surface area contributed by atoms with Crippen molar-refractivity contribution in [1.29, 1.82) is 0 Å². The van der Waals surface area contributed by atoms with E-state index in [9.17, 15) is 0 Å². The van der Waals surface area contributed by atoms with Gasteiger partial charge in [0.1, 0.15) is 0 Å². The molecule has 1 aromatic carbocycles. The monoisotopic (exact) mass is 284 g/mol. The Bertz CT molecular complexity index is 362. The van der Waals surface area contributed by atoms with Gasteiger partial charge in [-0.15, -0.1) is 11.6 Å². The van der Waals surface area contributed by atoms with Crippen molar-refractivity contribution in [3.05, 3.63) is 35.4 Å². The average Bonchev–Trinajstić information content (AvgIpc) is 2.41. The van der Waals surface area contributed by atoms with E-state index in [4.69, 9.17) is 16.3 Å². The van der Waals surface area contributed by atoms with Crippen LogP contribution in [0.25, 0.3) is 0 Å². The highest BCUT2D eigenvalue weighted by molar-refractivity contribution is 6.18. The van der Waals surface area contributed by atoms with E-state index in [-0.39, 0.29) is 5.48 Å². The number of hydrogen-bond acceptors (Lipinski definition) is 1. The summed E-state index contributed by atoms with van der Waals surface area (Å²) in [4.78, 5) is 0. The maximum Gasteiger partial charge on any atom is 0.0580 e. The molecule has 0 radical (unpaired) electrons. The zero-order chi connectivity index (χ0) is 12.8. The second-order valence-corrected chi connectivity index (χ2v) is 5.64. The van der Waals surface area contributed by atoms with Crippen LogP contribution in [0.15, 0.2) is 24.3 Å². The average molecular weight is 285 g/mol. The molecule has 2 N–H and O–H groups in total. The van der Waals surface area contributed by atoms with E-state index in [1.807, 2.05) is 0 Å². The van der Waals surface area contributed by atoms with E-state index < -0.39 is 0 Å². The molecule has 2 rings (SSSR count). The summed E-state index contributed by atoms with van der Waals surface area (Å²) in [7, 11) is 0. The number of ether oxygens (including phenoxy) is 1. The molecule has 0 spiro atoms. The maximum absolute atomic E-state index is 5.88. The minimum Gasteiger partial charge on any atom is -0.412 e. The first-order chi connectivity index (χ1) is 8.81. The van der Waals surface area contributed by atoms with Crippen molar-refractivity contribution in [1.82, 2.24) is 0 Å². The van der Waals surface area contributed by atoms with Crippen LogP contribution in [0.3, 0.4) is 0 Å². The summed E-state index contributed by atoms with van der Waals surface area (Å²) in [6, 6.07) is 8.69. The SMILES string of the molecule is CC(CC1CCCCO1)c1ccccc1CCCl.O. The lowest BCUT2D eigenvalue weighted by atomic mass is 9.88. The molecule has 0 aliphatic carbocycles. The molecule has 108 valence electrons. The summed E-state index contributed by atoms with van der Waals surface area (Å²) in [6.07, 6.45) is 6.33. The highest BCUT2D eigenvalue weighted by atomic mass is 35.5. The van der Waals surface area contributed by atoms with Crippen LogP contribution in [-0.4, -0.2) is 24.1 Å². The third-order valence-corrected chi connectivity index (χ3v) is 4.03. The van der Waals surface area contributed by atoms with Gasteiger partial charge in [0.2, 0.25) is 0 Å². The zero-order valence-corrected chi connectivity index (χ0v) is 12.5. The van der Waals surface area contributed by atoms with Crippen molar-refractivity contribution in [3.8, 4) is 0 Å². The molecular weight excluding hydrogens is 260 g/mol. The molecule has 0 amide bonds. The molecule has 19 heavy (non-hydrogen) atoms. The summed E-state index contributed by atoms with van der Waals surface area (Å²) >= 11 is 5.88. The van der Waals surface area contributed by atoms with Crippen molar-refractivity contribution >= 4 is 11.6 Å². The molecule has 1 aliphatic heterocycles. The van der Waals surface area contributed by atoms with Gasteiger partial charge >= 0.3 is 0 Å². The first-order valence-electron chi connectivity index (χ1n) is 7.06. The number of benzene rings is 1. The normalized spacial score (nSPS) is 20.6. The molecule has 1 saturated heterocycles. The molecule has 1 heterocycles. The van der Waals surface area contributed by atoms with Crippen LogP contribution >= 0.6 is 11.6 Å². The molecule has 3 heteroatoms. The molecule has 2 atom stereocenters. The Morgan fingerprint density at radius 1 is 1.32 bits per heavy atom. The van der Waals surface area contributed by atoms with Gasteiger partial charge in [0, 0.05) is 12.5 Å². The highest BCUT2D eigenvalue weighted by Crippen LogP contribution is 2.28. The molecular formula is C16H25ClO2. The Kier molecular flexibility index (Phi) is 7.44. The van der Waals surface area contributed by atoms with Gasteiger partial charge in [0.05, 0.1) is 6.10 Å². The van der Waals surface area contributed by atoms with Crippen molar-refractivity contribution in [3.63, 3.8) is 0 Å². The lowest BCUT2D eigenvalue weighted by molar-refractivity contribution is 0.00788. The largest absolute Gasteiger partial charge is 0.412 e. The van der Waals surface area contributed by atoms with Gasteiger partial charge in [-0.3, -0.25) is 0 Å². The third-order valence-electron chi connectivity index (χ3n) is 3.84. The van der Waals surface area contributed by atoms with Crippen molar-refractivity contribution in [2.24, 2.45) is 0 Å². The fraction of sp³-hybridized carbons (Fsp3) is 0.625. The van der Waals surface area contributed by atoms with Gasteiger partial charge in [-0.05, 0) is 49.1 Å². The fourth-order valence-electron chi connectivity index (χ4n) is 2.86. The van der Waals surface area contributed by atoms with Crippen molar-refractivity contribution < 1.29 is 10.2 Å². The minimum atomic E-state index is 0. The van der Waals surface area contributed by atoms with Gasteiger partial charge in [-0.1, -0.05) is 31.2 Å². The third kappa shape index (κ3) is 4.79. The maximum atomic E-state index is 5.88. The molecule has 2 nitrogen and oxygen atoms in total. The van der Waals surface area contributed by atoms with E-state index in [1.165, 1.54) is 30.4 Å². The molecule has 0 bridgehead atoms. The summed E-state index contributed by atoms with van der Waals surface area (Å²) in [5.74, 6) is 1.26. The summed E-state index contributed by atoms with van der Waals surface area (Å²) < 4.78 is 5.84. The predicted octanol–water partition coefficient (Wildman–Crippen LogP) is 3.71. The number of rotatable bonds is 5. The standard InChI is InChI=1S/C16H23ClO.H2O/c1-13(12-15-7-4-5-11-18-15)16-8-3-2-6-14(16)9-10-17;/h2-3,6,8,13,15H,4-5,7,9-12H2,1H3;1H2. The molecule has 0 aromatic heterocycles. The smallest absolute Gasteiger partial charge is 0.0580 e. The Morgan fingerprint density at radius 2 is 2.11 bits per heavy atom. The van der Waals surface area contributed by atoms with E-state index >= 15 is 0 Å². The van der Waals surface area contributed by atoms with Crippen molar-refractivity contribution in [2.75, 3.05) is 12.5 Å². The van der Waals surface area contributed by atoms with Crippen LogP contribution in [0, 0.1) is 0 Å². The van der Waals surface area contributed by atoms with Crippen molar-refractivity contribution in [2.45, 2.75) is 51.0 Å². The summed E-state index contributed by atoms with van der Waals surface area (Å²) in [5, 5.41) is 0. The second kappa shape index (κ2) is 8.57. The minimum absolute atomic E-state index is 0. The Balaban J connectivity index is 0.00000180. The number of alkyl halides is 1. The summed E-state index contributed by atoms with van der Waals surface area (Å²) in [5.41, 5.74) is 2.85. The number of halogens is 1. The van der Waals surface area contributed by atoms with E-state index in [1.54, 1.807) is 0 Å². The Labute approximate surface area is 121 Å². The van der Waals surface area contributed by atoms with Crippen LogP contribution in [-0.2, 0) is 11.2 Å². The molecule has 1 fully saturated rings. The zero-order valence-electron chi connectivity index (χ0n) is 11.7. The van der Waals surface area contributed by atoms with Gasteiger partial charge in [-0.2, -0.15) is 0 Å². The fourth-order valence-corrected chi connectivity index (χ4v) is 3.06. The topological polar surface area (TPSA) is 40.7 Å². The van der Waals surface area contributed by atoms with Gasteiger partial charge in [0.15, 0.2) is 0 Å². The molecule has 1 aliphatic rings. The first-order valence-corrected chi connectivity index (χ1v) is 7.60.